The van der Waals surface area contributed by atoms with Gasteiger partial charge in [0.05, 0.1) is 18.6 Å². The summed E-state index contributed by atoms with van der Waals surface area (Å²) in [5.74, 6) is 0.645. The molecule has 1 aliphatic carbocycles. The van der Waals surface area contributed by atoms with Crippen LogP contribution in [0.4, 0.5) is 0 Å². The van der Waals surface area contributed by atoms with Gasteiger partial charge in [-0.3, -0.25) is 9.59 Å². The highest BCUT2D eigenvalue weighted by molar-refractivity contribution is 5.89. The first-order valence-corrected chi connectivity index (χ1v) is 16.4. The monoisotopic (exact) mass is 592 g/mol. The number of benzene rings is 2. The molecule has 0 aliphatic heterocycles. The predicted molar refractivity (Wildman–Crippen MR) is 175 cm³/mol. The zero-order chi connectivity index (χ0) is 32.0. The predicted octanol–water partition coefficient (Wildman–Crippen LogP) is 9.62. The van der Waals surface area contributed by atoms with Crippen LogP contribution in [0, 0.1) is 22.2 Å². The molecule has 2 aromatic rings. The fourth-order valence-corrected chi connectivity index (χ4v) is 7.15. The summed E-state index contributed by atoms with van der Waals surface area (Å²) < 4.78 is 12.5. The molecule has 5 nitrogen and oxygen atoms in total. The average molecular weight is 593 g/mol. The second-order valence-corrected chi connectivity index (χ2v) is 14.8. The molecule has 1 N–H and O–H groups in total. The molecule has 3 unspecified atom stereocenters. The largest absolute Gasteiger partial charge is 0.493 e. The Labute approximate surface area is 260 Å². The Kier molecular flexibility index (Phi) is 11.5. The van der Waals surface area contributed by atoms with Crippen molar-refractivity contribution >= 4 is 11.8 Å². The lowest BCUT2D eigenvalue weighted by Gasteiger charge is -2.50. The van der Waals surface area contributed by atoms with E-state index < -0.39 is 11.4 Å². The minimum Gasteiger partial charge on any atom is -0.493 e. The van der Waals surface area contributed by atoms with E-state index in [1.54, 1.807) is 0 Å². The van der Waals surface area contributed by atoms with Gasteiger partial charge in [-0.15, -0.1) is 0 Å². The van der Waals surface area contributed by atoms with Crippen LogP contribution in [-0.2, 0) is 16.0 Å². The number of carbonyl (C=O) groups is 2. The molecule has 0 aromatic heterocycles. The summed E-state index contributed by atoms with van der Waals surface area (Å²) >= 11 is 0. The van der Waals surface area contributed by atoms with Crippen molar-refractivity contribution in [2.45, 2.75) is 119 Å². The Morgan fingerprint density at radius 1 is 0.930 bits per heavy atom. The Bertz CT molecular complexity index is 1190. The fraction of sp³-hybridized carbons (Fsp3) is 0.632. The summed E-state index contributed by atoms with van der Waals surface area (Å²) in [6.45, 7) is 20.2. The van der Waals surface area contributed by atoms with Crippen LogP contribution in [0.15, 0.2) is 42.5 Å². The third-order valence-corrected chi connectivity index (χ3v) is 9.67. The van der Waals surface area contributed by atoms with Crippen LogP contribution in [-0.4, -0.2) is 30.1 Å². The Morgan fingerprint density at radius 2 is 1.49 bits per heavy atom. The van der Waals surface area contributed by atoms with Gasteiger partial charge < -0.3 is 14.6 Å². The van der Waals surface area contributed by atoms with Crippen molar-refractivity contribution in [1.29, 1.82) is 0 Å². The number of carboxylic acid groups (broad SMARTS) is 1. The third-order valence-electron chi connectivity index (χ3n) is 9.67. The number of aliphatic carboxylic acids is 1. The molecular formula is C38H56O5. The van der Waals surface area contributed by atoms with Crippen molar-refractivity contribution in [3.63, 3.8) is 0 Å². The number of ether oxygens (including phenoxy) is 2. The number of ketones is 1. The lowest BCUT2D eigenvalue weighted by molar-refractivity contribution is -0.167. The van der Waals surface area contributed by atoms with E-state index in [-0.39, 0.29) is 40.8 Å². The number of hydrogen-bond acceptors (Lipinski definition) is 4. The molecule has 0 radical (unpaired) electrons. The number of aryl methyl sites for hydroxylation is 1. The standard InChI is InChI=1S/C38H56O5/c1-10-42-32-21-29(22-33(43-11-2)34(32)27(4)36(5,6)7)26(3)30(20-16-15-19-28-17-13-12-14-18-28)31(39)23-38(35(40)41)24-37(8,9)25-38/h12-14,17-18,21-22,26-27,30H,10-11,15-16,19-20,23-25H2,1-9H3,(H,40,41). The summed E-state index contributed by atoms with van der Waals surface area (Å²) in [7, 11) is 0. The van der Waals surface area contributed by atoms with Crippen LogP contribution in [0.2, 0.25) is 0 Å². The lowest BCUT2D eigenvalue weighted by Crippen LogP contribution is -2.50. The molecule has 3 atom stereocenters. The quantitative estimate of drug-likeness (QED) is 0.197. The van der Waals surface area contributed by atoms with Gasteiger partial charge in [-0.1, -0.05) is 85.2 Å². The number of hydrogen-bond donors (Lipinski definition) is 1. The van der Waals surface area contributed by atoms with Crippen LogP contribution in [0.5, 0.6) is 11.5 Å². The van der Waals surface area contributed by atoms with E-state index in [1.807, 2.05) is 19.9 Å². The third kappa shape index (κ3) is 8.64. The SMILES string of the molecule is CCOc1cc(C(C)C(CCCCc2ccccc2)C(=O)CC2(C(=O)O)CC(C)(C)C2)cc(OCC)c1C(C)C(C)(C)C. The summed E-state index contributed by atoms with van der Waals surface area (Å²) in [6.07, 6.45) is 4.74. The van der Waals surface area contributed by atoms with Crippen molar-refractivity contribution in [3.05, 3.63) is 59.2 Å². The van der Waals surface area contributed by atoms with E-state index in [9.17, 15) is 14.7 Å². The first-order valence-electron chi connectivity index (χ1n) is 16.4. The minimum atomic E-state index is -0.957. The van der Waals surface area contributed by atoms with Crippen LogP contribution in [0.25, 0.3) is 0 Å². The van der Waals surface area contributed by atoms with Gasteiger partial charge in [0.1, 0.15) is 17.3 Å². The fourth-order valence-electron chi connectivity index (χ4n) is 7.15. The molecule has 1 fully saturated rings. The molecule has 2 aromatic carbocycles. The van der Waals surface area contributed by atoms with Crippen LogP contribution >= 0.6 is 0 Å². The van der Waals surface area contributed by atoms with Gasteiger partial charge in [-0.25, -0.2) is 0 Å². The van der Waals surface area contributed by atoms with Gasteiger partial charge in [0.25, 0.3) is 0 Å². The second kappa shape index (κ2) is 14.3. The number of carbonyl (C=O) groups excluding carboxylic acids is 1. The number of unbranched alkanes of at least 4 members (excludes halogenated alkanes) is 1. The van der Waals surface area contributed by atoms with Gasteiger partial charge in [0.15, 0.2) is 0 Å². The van der Waals surface area contributed by atoms with E-state index in [1.165, 1.54) is 5.56 Å². The van der Waals surface area contributed by atoms with Crippen LogP contribution in [0.1, 0.15) is 129 Å². The maximum absolute atomic E-state index is 14.1. The zero-order valence-electron chi connectivity index (χ0n) is 28.2. The summed E-state index contributed by atoms with van der Waals surface area (Å²) in [6, 6.07) is 14.7. The Balaban J connectivity index is 1.96. The van der Waals surface area contributed by atoms with E-state index in [0.717, 1.165) is 48.3 Å². The smallest absolute Gasteiger partial charge is 0.310 e. The van der Waals surface area contributed by atoms with Gasteiger partial charge >= 0.3 is 5.97 Å². The summed E-state index contributed by atoms with van der Waals surface area (Å²) in [5, 5.41) is 10.2. The highest BCUT2D eigenvalue weighted by atomic mass is 16.5. The molecule has 0 heterocycles. The second-order valence-electron chi connectivity index (χ2n) is 14.8. The topological polar surface area (TPSA) is 72.8 Å². The van der Waals surface area contributed by atoms with Crippen molar-refractivity contribution in [2.24, 2.45) is 22.2 Å². The van der Waals surface area contributed by atoms with Gasteiger partial charge in [0.2, 0.25) is 0 Å². The molecule has 1 aliphatic rings. The van der Waals surface area contributed by atoms with Crippen molar-refractivity contribution < 1.29 is 24.2 Å². The van der Waals surface area contributed by atoms with E-state index >= 15 is 0 Å². The number of carboxylic acids is 1. The maximum atomic E-state index is 14.1. The Hall–Kier alpha value is -2.82. The first-order chi connectivity index (χ1) is 20.1. The van der Waals surface area contributed by atoms with Crippen LogP contribution in [0.3, 0.4) is 0 Å². The van der Waals surface area contributed by atoms with Gasteiger partial charge in [-0.2, -0.15) is 0 Å². The normalized spacial score (nSPS) is 17.8. The number of Topliss-reactive ketones (excluding diaryl/α,β-unsaturated/α-hetero) is 1. The van der Waals surface area contributed by atoms with E-state index in [2.05, 4.69) is 84.9 Å². The van der Waals surface area contributed by atoms with Crippen LogP contribution < -0.4 is 9.47 Å². The maximum Gasteiger partial charge on any atom is 0.310 e. The van der Waals surface area contributed by atoms with Crippen molar-refractivity contribution in [1.82, 2.24) is 0 Å². The number of rotatable bonds is 16. The summed E-state index contributed by atoms with van der Waals surface area (Å²) in [4.78, 5) is 26.6. The van der Waals surface area contributed by atoms with Gasteiger partial charge in [-0.05, 0) is 91.9 Å². The lowest BCUT2D eigenvalue weighted by atomic mass is 9.52. The van der Waals surface area contributed by atoms with E-state index in [4.69, 9.17) is 9.47 Å². The van der Waals surface area contributed by atoms with Crippen molar-refractivity contribution in [2.75, 3.05) is 13.2 Å². The average Bonchev–Trinajstić information content (AvgIpc) is 2.91. The van der Waals surface area contributed by atoms with Gasteiger partial charge in [0, 0.05) is 17.9 Å². The molecule has 0 saturated heterocycles. The summed E-state index contributed by atoms with van der Waals surface area (Å²) in [5.41, 5.74) is 2.38. The Morgan fingerprint density at radius 3 is 1.95 bits per heavy atom. The highest BCUT2D eigenvalue weighted by Gasteiger charge is 2.56. The molecule has 0 spiro atoms. The molecule has 3 rings (SSSR count). The molecule has 5 heteroatoms. The minimum absolute atomic E-state index is 0.00376. The van der Waals surface area contributed by atoms with E-state index in [0.29, 0.717) is 26.1 Å². The highest BCUT2D eigenvalue weighted by Crippen LogP contribution is 2.57. The molecule has 0 amide bonds. The van der Waals surface area contributed by atoms with Crippen molar-refractivity contribution in [3.8, 4) is 11.5 Å². The molecular weight excluding hydrogens is 536 g/mol. The molecule has 1 saturated carbocycles. The first kappa shape index (κ1) is 34.7. The molecule has 0 bridgehead atoms. The zero-order valence-corrected chi connectivity index (χ0v) is 28.2. The molecule has 238 valence electrons. The molecule has 43 heavy (non-hydrogen) atoms.